The van der Waals surface area contributed by atoms with Gasteiger partial charge in [0, 0.05) is 18.8 Å². The van der Waals surface area contributed by atoms with E-state index in [0.29, 0.717) is 12.5 Å². The van der Waals surface area contributed by atoms with Crippen molar-refractivity contribution in [3.8, 4) is 0 Å². The van der Waals surface area contributed by atoms with Gasteiger partial charge in [0.05, 0.1) is 5.02 Å². The molecular weight excluding hydrogens is 288 g/mol. The Labute approximate surface area is 117 Å². The highest BCUT2D eigenvalue weighted by Crippen LogP contribution is 2.40. The van der Waals surface area contributed by atoms with Crippen molar-refractivity contribution in [2.45, 2.75) is 30.2 Å². The van der Waals surface area contributed by atoms with Crippen LogP contribution in [-0.2, 0) is 10.0 Å². The maximum Gasteiger partial charge on any atom is 0.244 e. The zero-order chi connectivity index (χ0) is 13.6. The predicted molar refractivity (Wildman–Crippen MR) is 72.1 cm³/mol. The second kappa shape index (κ2) is 4.59. The summed E-state index contributed by atoms with van der Waals surface area (Å²) in [5.74, 6) is 6.00. The van der Waals surface area contributed by atoms with Gasteiger partial charge in [-0.15, -0.1) is 0 Å². The first kappa shape index (κ1) is 13.1. The molecule has 2 aliphatic rings. The monoisotopic (exact) mass is 302 g/mol. The Bertz CT molecular complexity index is 607. The highest BCUT2D eigenvalue weighted by Gasteiger charge is 2.44. The molecule has 1 aromatic rings. The zero-order valence-corrected chi connectivity index (χ0v) is 11.8. The van der Waals surface area contributed by atoms with E-state index in [9.17, 15) is 8.42 Å². The SMILES string of the molecule is NNc1ncc(S(=O)(=O)N2CC3CCC2C3)cc1Cl. The molecule has 19 heavy (non-hydrogen) atoms. The number of fused-ring (bicyclic) bond motifs is 2. The number of pyridine rings is 1. The van der Waals surface area contributed by atoms with Crippen molar-refractivity contribution in [1.29, 1.82) is 0 Å². The van der Waals surface area contributed by atoms with Crippen molar-refractivity contribution >= 4 is 27.4 Å². The van der Waals surface area contributed by atoms with Gasteiger partial charge < -0.3 is 5.43 Å². The minimum Gasteiger partial charge on any atom is -0.307 e. The first-order chi connectivity index (χ1) is 9.02. The van der Waals surface area contributed by atoms with Crippen molar-refractivity contribution in [1.82, 2.24) is 9.29 Å². The third-order valence-corrected chi connectivity index (χ3v) is 6.09. The molecular formula is C11H15ClN4O2S. The number of nitrogens with one attached hydrogen (secondary N) is 1. The number of nitrogens with zero attached hydrogens (tertiary/aromatic N) is 2. The fourth-order valence-electron chi connectivity index (χ4n) is 2.98. The van der Waals surface area contributed by atoms with Crippen molar-refractivity contribution < 1.29 is 8.42 Å². The lowest BCUT2D eigenvalue weighted by Gasteiger charge is -2.26. The second-order valence-electron chi connectivity index (χ2n) is 5.05. The Kier molecular flexibility index (Phi) is 3.17. The number of hydrazine groups is 1. The summed E-state index contributed by atoms with van der Waals surface area (Å²) in [5.41, 5.74) is 2.32. The van der Waals surface area contributed by atoms with Gasteiger partial charge in [-0.05, 0) is 31.2 Å². The molecule has 1 aromatic heterocycles. The van der Waals surface area contributed by atoms with Gasteiger partial charge in [-0.2, -0.15) is 4.31 Å². The number of hydrogen-bond donors (Lipinski definition) is 2. The number of piperidine rings is 1. The minimum absolute atomic E-state index is 0.129. The average molecular weight is 303 g/mol. The summed E-state index contributed by atoms with van der Waals surface area (Å²) < 4.78 is 26.7. The molecule has 0 spiro atoms. The van der Waals surface area contributed by atoms with E-state index in [2.05, 4.69) is 10.4 Å². The summed E-state index contributed by atoms with van der Waals surface area (Å²) in [6.45, 7) is 0.613. The largest absolute Gasteiger partial charge is 0.307 e. The summed E-state index contributed by atoms with van der Waals surface area (Å²) in [5, 5.41) is 0.202. The molecule has 2 bridgehead atoms. The molecule has 1 saturated carbocycles. The lowest BCUT2D eigenvalue weighted by atomic mass is 10.1. The topological polar surface area (TPSA) is 88.3 Å². The number of nitrogens with two attached hydrogens (primary N) is 1. The van der Waals surface area contributed by atoms with Crippen LogP contribution in [0.1, 0.15) is 19.3 Å². The predicted octanol–water partition coefficient (Wildman–Crippen LogP) is 1.19. The van der Waals surface area contributed by atoms with E-state index in [4.69, 9.17) is 17.4 Å². The van der Waals surface area contributed by atoms with Crippen molar-refractivity contribution in [2.24, 2.45) is 11.8 Å². The van der Waals surface area contributed by atoms with Gasteiger partial charge in [-0.25, -0.2) is 19.2 Å². The number of hydrogen-bond acceptors (Lipinski definition) is 5. The molecule has 104 valence electrons. The Balaban J connectivity index is 1.94. The van der Waals surface area contributed by atoms with Crippen molar-refractivity contribution in [2.75, 3.05) is 12.0 Å². The minimum atomic E-state index is -3.50. The fraction of sp³-hybridized carbons (Fsp3) is 0.545. The van der Waals surface area contributed by atoms with Gasteiger partial charge in [-0.3, -0.25) is 0 Å². The molecule has 1 saturated heterocycles. The van der Waals surface area contributed by atoms with Crippen LogP contribution in [0.15, 0.2) is 17.2 Å². The van der Waals surface area contributed by atoms with Crippen molar-refractivity contribution in [3.63, 3.8) is 0 Å². The molecule has 3 N–H and O–H groups in total. The van der Waals surface area contributed by atoms with Crippen molar-refractivity contribution in [3.05, 3.63) is 17.3 Å². The molecule has 0 aromatic carbocycles. The van der Waals surface area contributed by atoms with Crippen LogP contribution in [-0.4, -0.2) is 30.3 Å². The van der Waals surface area contributed by atoms with Gasteiger partial charge in [0.25, 0.3) is 0 Å². The number of rotatable bonds is 3. The molecule has 2 unspecified atom stereocenters. The van der Waals surface area contributed by atoms with Crippen LogP contribution in [0, 0.1) is 5.92 Å². The standard InChI is InChI=1S/C11H15ClN4O2S/c12-10-4-9(5-14-11(10)15-13)19(17,18)16-6-7-1-2-8(16)3-7/h4-5,7-8H,1-3,6,13H2,(H,14,15). The van der Waals surface area contributed by atoms with Gasteiger partial charge in [0.15, 0.2) is 5.82 Å². The van der Waals surface area contributed by atoms with E-state index < -0.39 is 10.0 Å². The van der Waals surface area contributed by atoms with Crippen LogP contribution < -0.4 is 11.3 Å². The van der Waals surface area contributed by atoms with Crippen LogP contribution in [0.4, 0.5) is 5.82 Å². The Morgan fingerprint density at radius 3 is 2.79 bits per heavy atom. The Morgan fingerprint density at radius 2 is 2.26 bits per heavy atom. The van der Waals surface area contributed by atoms with Crippen LogP contribution in [0.25, 0.3) is 0 Å². The molecule has 6 nitrogen and oxygen atoms in total. The van der Waals surface area contributed by atoms with Gasteiger partial charge >= 0.3 is 0 Å². The summed E-state index contributed by atoms with van der Waals surface area (Å²) >= 11 is 5.93. The van der Waals surface area contributed by atoms with E-state index in [1.54, 1.807) is 4.31 Å². The van der Waals surface area contributed by atoms with Gasteiger partial charge in [0.1, 0.15) is 4.90 Å². The van der Waals surface area contributed by atoms with Crippen LogP contribution in [0.5, 0.6) is 0 Å². The number of anilines is 1. The fourth-order valence-corrected chi connectivity index (χ4v) is 4.98. The smallest absolute Gasteiger partial charge is 0.244 e. The van der Waals surface area contributed by atoms with Crippen LogP contribution >= 0.6 is 11.6 Å². The second-order valence-corrected chi connectivity index (χ2v) is 7.35. The molecule has 0 amide bonds. The normalized spacial score (nSPS) is 26.8. The average Bonchev–Trinajstić information content (AvgIpc) is 3.01. The molecule has 1 aliphatic carbocycles. The summed E-state index contributed by atoms with van der Waals surface area (Å²) in [6.07, 6.45) is 4.35. The first-order valence-electron chi connectivity index (χ1n) is 6.16. The maximum atomic E-state index is 12.6. The molecule has 3 rings (SSSR count). The van der Waals surface area contributed by atoms with Crippen LogP contribution in [0.3, 0.4) is 0 Å². The molecule has 0 radical (unpaired) electrons. The third kappa shape index (κ3) is 2.10. The van der Waals surface area contributed by atoms with E-state index >= 15 is 0 Å². The van der Waals surface area contributed by atoms with E-state index in [1.165, 1.54) is 12.3 Å². The molecule has 2 atom stereocenters. The Hall–Kier alpha value is -0.890. The van der Waals surface area contributed by atoms with Crippen LogP contribution in [0.2, 0.25) is 5.02 Å². The van der Waals surface area contributed by atoms with E-state index in [1.807, 2.05) is 0 Å². The zero-order valence-electron chi connectivity index (χ0n) is 10.2. The number of nitrogen functional groups attached to an aromatic ring is 1. The van der Waals surface area contributed by atoms with Gasteiger partial charge in [-0.1, -0.05) is 11.6 Å². The molecule has 1 aliphatic heterocycles. The molecule has 2 heterocycles. The lowest BCUT2D eigenvalue weighted by Crippen LogP contribution is -2.37. The maximum absolute atomic E-state index is 12.6. The van der Waals surface area contributed by atoms with E-state index in [-0.39, 0.29) is 21.8 Å². The quantitative estimate of drug-likeness (QED) is 0.647. The summed E-state index contributed by atoms with van der Waals surface area (Å²) in [6, 6.07) is 1.53. The van der Waals surface area contributed by atoms with Gasteiger partial charge in [0.2, 0.25) is 10.0 Å². The summed E-state index contributed by atoms with van der Waals surface area (Å²) in [4.78, 5) is 4.05. The number of aromatic nitrogens is 1. The summed E-state index contributed by atoms with van der Waals surface area (Å²) in [7, 11) is -3.50. The van der Waals surface area contributed by atoms with E-state index in [0.717, 1.165) is 19.3 Å². The Morgan fingerprint density at radius 1 is 1.47 bits per heavy atom. The lowest BCUT2D eigenvalue weighted by molar-refractivity contribution is 0.333. The molecule has 2 fully saturated rings. The molecule has 8 heteroatoms. The number of halogens is 1. The highest BCUT2D eigenvalue weighted by atomic mass is 35.5. The highest BCUT2D eigenvalue weighted by molar-refractivity contribution is 7.89. The first-order valence-corrected chi connectivity index (χ1v) is 7.98. The third-order valence-electron chi connectivity index (χ3n) is 3.92. The number of sulfonamides is 1.